The summed E-state index contributed by atoms with van der Waals surface area (Å²) >= 11 is 0. The van der Waals surface area contributed by atoms with Gasteiger partial charge in [-0.2, -0.15) is 0 Å². The van der Waals surface area contributed by atoms with Crippen LogP contribution in [0.2, 0.25) is 0 Å². The summed E-state index contributed by atoms with van der Waals surface area (Å²) in [5, 5.41) is 2.74. The first-order valence-corrected chi connectivity index (χ1v) is 11.1. The number of carbonyl (C=O) groups is 3. The van der Waals surface area contributed by atoms with Gasteiger partial charge >= 0.3 is 6.03 Å². The molecular weight excluding hydrogens is 446 g/mol. The lowest BCUT2D eigenvalue weighted by Gasteiger charge is -2.26. The fourth-order valence-electron chi connectivity index (χ4n) is 4.10. The Bertz CT molecular complexity index is 1230. The van der Waals surface area contributed by atoms with Gasteiger partial charge in [-0.1, -0.05) is 54.6 Å². The van der Waals surface area contributed by atoms with Gasteiger partial charge in [-0.05, 0) is 42.3 Å². The zero-order valence-corrected chi connectivity index (χ0v) is 19.9. The average molecular weight is 474 g/mol. The Morgan fingerprint density at radius 3 is 2.17 bits per heavy atom. The predicted octanol–water partition coefficient (Wildman–Crippen LogP) is 3.70. The highest BCUT2D eigenvalue weighted by atomic mass is 16.5. The summed E-state index contributed by atoms with van der Waals surface area (Å²) in [5.74, 6) is 0.0416. The Hall–Kier alpha value is -4.33. The number of rotatable bonds is 8. The van der Waals surface area contributed by atoms with Crippen LogP contribution in [0.25, 0.3) is 0 Å². The van der Waals surface area contributed by atoms with Crippen molar-refractivity contribution < 1.29 is 23.9 Å². The van der Waals surface area contributed by atoms with Crippen LogP contribution >= 0.6 is 0 Å². The van der Waals surface area contributed by atoms with E-state index in [-0.39, 0.29) is 5.91 Å². The summed E-state index contributed by atoms with van der Waals surface area (Å²) in [5.41, 5.74) is 0.772. The summed E-state index contributed by atoms with van der Waals surface area (Å²) in [4.78, 5) is 42.3. The van der Waals surface area contributed by atoms with E-state index in [1.54, 1.807) is 30.0 Å². The number of anilines is 1. The van der Waals surface area contributed by atoms with Gasteiger partial charge < -0.3 is 19.7 Å². The van der Waals surface area contributed by atoms with Gasteiger partial charge in [0.15, 0.2) is 11.5 Å². The molecule has 1 fully saturated rings. The lowest BCUT2D eigenvalue weighted by Crippen LogP contribution is -2.44. The maximum Gasteiger partial charge on any atom is 0.325 e. The minimum atomic E-state index is -1.35. The molecule has 3 aromatic rings. The molecule has 35 heavy (non-hydrogen) atoms. The van der Waals surface area contributed by atoms with E-state index in [0.717, 1.165) is 10.5 Å². The Labute approximate surface area is 204 Å². The number of carbonyl (C=O) groups excluding carboxylic acids is 3. The summed E-state index contributed by atoms with van der Waals surface area (Å²) in [6.07, 6.45) is 0. The second-order valence-corrected chi connectivity index (χ2v) is 8.32. The van der Waals surface area contributed by atoms with Crippen LogP contribution in [0.1, 0.15) is 18.1 Å². The lowest BCUT2D eigenvalue weighted by atomic mass is 9.91. The number of hydrogen-bond acceptors (Lipinski definition) is 5. The van der Waals surface area contributed by atoms with Crippen LogP contribution in [-0.2, 0) is 21.7 Å². The first-order valence-electron chi connectivity index (χ1n) is 11.1. The van der Waals surface area contributed by atoms with Gasteiger partial charge in [-0.25, -0.2) is 4.79 Å². The summed E-state index contributed by atoms with van der Waals surface area (Å²) in [6, 6.07) is 23.1. The normalized spacial score (nSPS) is 17.2. The highest BCUT2D eigenvalue weighted by Gasteiger charge is 2.50. The van der Waals surface area contributed by atoms with Crippen LogP contribution in [0.5, 0.6) is 11.5 Å². The quantitative estimate of drug-likeness (QED) is 0.504. The van der Waals surface area contributed by atoms with Crippen LogP contribution < -0.4 is 19.7 Å². The molecule has 0 bridgehead atoms. The molecule has 8 heteroatoms. The predicted molar refractivity (Wildman–Crippen MR) is 131 cm³/mol. The van der Waals surface area contributed by atoms with E-state index in [9.17, 15) is 14.4 Å². The van der Waals surface area contributed by atoms with E-state index in [2.05, 4.69) is 5.32 Å². The molecule has 1 aliphatic heterocycles. The van der Waals surface area contributed by atoms with E-state index in [1.165, 1.54) is 14.2 Å². The van der Waals surface area contributed by atoms with Crippen molar-refractivity contribution in [2.45, 2.75) is 19.0 Å². The van der Waals surface area contributed by atoms with Gasteiger partial charge in [-0.15, -0.1) is 0 Å². The average Bonchev–Trinajstić information content (AvgIpc) is 3.11. The molecule has 1 heterocycles. The Kier molecular flexibility index (Phi) is 6.73. The largest absolute Gasteiger partial charge is 0.493 e. The molecular formula is C27H27N3O5. The van der Waals surface area contributed by atoms with E-state index in [0.29, 0.717) is 29.3 Å². The zero-order valence-electron chi connectivity index (χ0n) is 19.9. The number of hydrogen-bond donors (Lipinski definition) is 1. The van der Waals surface area contributed by atoms with Crippen LogP contribution in [0.3, 0.4) is 0 Å². The van der Waals surface area contributed by atoms with E-state index in [1.807, 2.05) is 60.7 Å². The lowest BCUT2D eigenvalue weighted by molar-refractivity contribution is -0.134. The number of nitrogens with one attached hydrogen (secondary N) is 1. The van der Waals surface area contributed by atoms with Crippen molar-refractivity contribution in [3.63, 3.8) is 0 Å². The van der Waals surface area contributed by atoms with Gasteiger partial charge in [0.1, 0.15) is 12.1 Å². The number of methoxy groups -OCH3 is 2. The molecule has 0 radical (unpaired) electrons. The number of amides is 4. The zero-order chi connectivity index (χ0) is 25.0. The van der Waals surface area contributed by atoms with Crippen molar-refractivity contribution in [2.24, 2.45) is 0 Å². The first-order chi connectivity index (χ1) is 16.9. The summed E-state index contributed by atoms with van der Waals surface area (Å²) in [6.45, 7) is 1.52. The van der Waals surface area contributed by atoms with Crippen LogP contribution in [-0.4, -0.2) is 43.5 Å². The maximum atomic E-state index is 13.4. The van der Waals surface area contributed by atoms with E-state index >= 15 is 0 Å². The molecule has 180 valence electrons. The standard InChI is InChI=1S/C27H27N3O5/c1-27(20-14-15-22(34-2)23(16-20)35-3)25(32)30(26(33)28-27)18-24(31)29(21-12-8-5-9-13-21)17-19-10-6-4-7-11-19/h4-16H,17-18H2,1-3H3,(H,28,33). The van der Waals surface area contributed by atoms with Crippen molar-refractivity contribution in [2.75, 3.05) is 25.7 Å². The fraction of sp³-hybridized carbons (Fsp3) is 0.222. The molecule has 4 amide bonds. The molecule has 1 saturated heterocycles. The number of nitrogens with zero attached hydrogens (tertiary/aromatic N) is 2. The van der Waals surface area contributed by atoms with E-state index < -0.39 is 24.0 Å². The van der Waals surface area contributed by atoms with E-state index in [4.69, 9.17) is 9.47 Å². The summed E-state index contributed by atoms with van der Waals surface area (Å²) < 4.78 is 10.6. The second kappa shape index (κ2) is 9.89. The van der Waals surface area contributed by atoms with Crippen molar-refractivity contribution in [3.05, 3.63) is 90.0 Å². The third-order valence-corrected chi connectivity index (χ3v) is 6.08. The molecule has 3 aromatic carbocycles. The highest BCUT2D eigenvalue weighted by Crippen LogP contribution is 2.35. The SMILES string of the molecule is COc1ccc(C2(C)NC(=O)N(CC(=O)N(Cc3ccccc3)c3ccccc3)C2=O)cc1OC. The minimum absolute atomic E-state index is 0.306. The molecule has 0 aliphatic carbocycles. The number of benzene rings is 3. The topological polar surface area (TPSA) is 88.2 Å². The first kappa shape index (κ1) is 23.8. The molecule has 1 N–H and O–H groups in total. The highest BCUT2D eigenvalue weighted by molar-refractivity contribution is 6.10. The molecule has 1 aliphatic rings. The van der Waals surface area contributed by atoms with Gasteiger partial charge in [0.25, 0.3) is 5.91 Å². The molecule has 1 unspecified atom stereocenters. The van der Waals surface area contributed by atoms with Gasteiger partial charge in [0, 0.05) is 5.69 Å². The minimum Gasteiger partial charge on any atom is -0.493 e. The third kappa shape index (κ3) is 4.68. The Morgan fingerprint density at radius 2 is 1.54 bits per heavy atom. The second-order valence-electron chi connectivity index (χ2n) is 8.32. The maximum absolute atomic E-state index is 13.4. The molecule has 1 atom stereocenters. The number of imide groups is 1. The van der Waals surface area contributed by atoms with Crippen molar-refractivity contribution in [3.8, 4) is 11.5 Å². The Balaban J connectivity index is 1.59. The van der Waals surface area contributed by atoms with Crippen molar-refractivity contribution in [1.29, 1.82) is 0 Å². The molecule has 0 aromatic heterocycles. The van der Waals surface area contributed by atoms with Gasteiger partial charge in [0.2, 0.25) is 5.91 Å². The third-order valence-electron chi connectivity index (χ3n) is 6.08. The number of urea groups is 1. The number of para-hydroxylation sites is 1. The Morgan fingerprint density at radius 1 is 0.914 bits per heavy atom. The molecule has 0 spiro atoms. The number of ether oxygens (including phenoxy) is 2. The van der Waals surface area contributed by atoms with Crippen molar-refractivity contribution >= 4 is 23.5 Å². The molecule has 4 rings (SSSR count). The monoisotopic (exact) mass is 473 g/mol. The fourth-order valence-corrected chi connectivity index (χ4v) is 4.10. The van der Waals surface area contributed by atoms with Crippen LogP contribution in [0.4, 0.5) is 10.5 Å². The smallest absolute Gasteiger partial charge is 0.325 e. The van der Waals surface area contributed by atoms with Crippen LogP contribution in [0, 0.1) is 0 Å². The van der Waals surface area contributed by atoms with Gasteiger partial charge in [0.05, 0.1) is 20.8 Å². The molecule has 8 nitrogen and oxygen atoms in total. The van der Waals surface area contributed by atoms with Gasteiger partial charge in [-0.3, -0.25) is 14.5 Å². The molecule has 0 saturated carbocycles. The summed E-state index contributed by atoms with van der Waals surface area (Å²) in [7, 11) is 3.01. The van der Waals surface area contributed by atoms with Crippen LogP contribution in [0.15, 0.2) is 78.9 Å². The van der Waals surface area contributed by atoms with Crippen molar-refractivity contribution in [1.82, 2.24) is 10.2 Å².